The van der Waals surface area contributed by atoms with E-state index in [0.717, 1.165) is 28.8 Å². The number of anilines is 2. The highest BCUT2D eigenvalue weighted by molar-refractivity contribution is 5.82. The molecule has 1 aromatic carbocycles. The van der Waals surface area contributed by atoms with E-state index in [9.17, 15) is 0 Å². The fourth-order valence-electron chi connectivity index (χ4n) is 1.92. The first-order valence-electron chi connectivity index (χ1n) is 6.83. The van der Waals surface area contributed by atoms with Crippen LogP contribution in [0.25, 0.3) is 5.57 Å². The number of benzene rings is 1. The van der Waals surface area contributed by atoms with Gasteiger partial charge in [-0.15, -0.1) is 0 Å². The molecule has 5 nitrogen and oxygen atoms in total. The molecule has 0 unspecified atom stereocenters. The second kappa shape index (κ2) is 7.99. The molecule has 114 valence electrons. The lowest BCUT2D eigenvalue weighted by Gasteiger charge is -2.16. The van der Waals surface area contributed by atoms with Gasteiger partial charge in [-0.1, -0.05) is 13.5 Å². The molecular weight excluding hydrogens is 264 g/mol. The van der Waals surface area contributed by atoms with Gasteiger partial charge in [0.2, 0.25) is 0 Å². The van der Waals surface area contributed by atoms with Crippen molar-refractivity contribution in [3.05, 3.63) is 36.0 Å². The highest BCUT2D eigenvalue weighted by atomic mass is 16.5. The summed E-state index contributed by atoms with van der Waals surface area (Å²) in [6, 6.07) is 3.82. The van der Waals surface area contributed by atoms with Crippen LogP contribution in [0.1, 0.15) is 18.9 Å². The van der Waals surface area contributed by atoms with Gasteiger partial charge in [0.1, 0.15) is 11.4 Å². The Labute approximate surface area is 126 Å². The van der Waals surface area contributed by atoms with Crippen LogP contribution in [-0.2, 0) is 0 Å². The fraction of sp³-hybridized carbons (Fsp3) is 0.312. The van der Waals surface area contributed by atoms with Crippen LogP contribution in [0.4, 0.5) is 11.4 Å². The Morgan fingerprint density at radius 3 is 2.71 bits per heavy atom. The van der Waals surface area contributed by atoms with E-state index in [1.807, 2.05) is 12.1 Å². The molecule has 1 aromatic rings. The average Bonchev–Trinajstić information content (AvgIpc) is 2.50. The summed E-state index contributed by atoms with van der Waals surface area (Å²) >= 11 is 0. The van der Waals surface area contributed by atoms with Gasteiger partial charge in [0.15, 0.2) is 0 Å². The van der Waals surface area contributed by atoms with E-state index in [1.165, 1.54) is 6.21 Å². The van der Waals surface area contributed by atoms with Gasteiger partial charge in [0, 0.05) is 31.6 Å². The van der Waals surface area contributed by atoms with E-state index < -0.39 is 0 Å². The quantitative estimate of drug-likeness (QED) is 0.438. The van der Waals surface area contributed by atoms with E-state index >= 15 is 0 Å². The topological polar surface area (TPSA) is 83.2 Å². The first-order chi connectivity index (χ1) is 10.1. The second-order valence-electron chi connectivity index (χ2n) is 4.61. The summed E-state index contributed by atoms with van der Waals surface area (Å²) < 4.78 is 5.41. The van der Waals surface area contributed by atoms with E-state index in [-0.39, 0.29) is 0 Å². The Kier molecular flexibility index (Phi) is 6.33. The minimum Gasteiger partial charge on any atom is -0.494 e. The molecule has 0 atom stereocenters. The highest BCUT2D eigenvalue weighted by Gasteiger charge is 2.11. The minimum absolute atomic E-state index is 0.485. The average molecular weight is 288 g/mol. The number of hydrogen-bond donors (Lipinski definition) is 4. The molecule has 21 heavy (non-hydrogen) atoms. The van der Waals surface area contributed by atoms with E-state index in [2.05, 4.69) is 24.1 Å². The van der Waals surface area contributed by atoms with Crippen LogP contribution in [0.5, 0.6) is 5.75 Å². The maximum atomic E-state index is 7.35. The number of methoxy groups -OCH3 is 1. The van der Waals surface area contributed by atoms with Gasteiger partial charge in [-0.05, 0) is 29.7 Å². The summed E-state index contributed by atoms with van der Waals surface area (Å²) in [5.74, 6) is 0.674. The second-order valence-corrected chi connectivity index (χ2v) is 4.61. The van der Waals surface area contributed by atoms with Crippen molar-refractivity contribution in [2.45, 2.75) is 13.3 Å². The van der Waals surface area contributed by atoms with Gasteiger partial charge in [-0.25, -0.2) is 0 Å². The molecule has 5 heteroatoms. The Morgan fingerprint density at radius 2 is 2.19 bits per heavy atom. The van der Waals surface area contributed by atoms with Crippen LogP contribution in [0.3, 0.4) is 0 Å². The maximum absolute atomic E-state index is 7.35. The lowest BCUT2D eigenvalue weighted by Crippen LogP contribution is -2.11. The van der Waals surface area contributed by atoms with Crippen molar-refractivity contribution in [2.75, 3.05) is 31.8 Å². The van der Waals surface area contributed by atoms with E-state index in [4.69, 9.17) is 15.9 Å². The first-order valence-corrected chi connectivity index (χ1v) is 6.83. The Balaban J connectivity index is 3.04. The largest absolute Gasteiger partial charge is 0.494 e. The van der Waals surface area contributed by atoms with E-state index in [1.54, 1.807) is 20.4 Å². The summed E-state index contributed by atoms with van der Waals surface area (Å²) in [6.07, 6.45) is 3.91. The summed E-state index contributed by atoms with van der Waals surface area (Å²) in [6.45, 7) is 6.56. The van der Waals surface area contributed by atoms with Gasteiger partial charge in [-0.2, -0.15) is 0 Å². The summed E-state index contributed by atoms with van der Waals surface area (Å²) in [4.78, 5) is 0. The number of hydrogen-bond acceptors (Lipinski definition) is 5. The van der Waals surface area contributed by atoms with Crippen molar-refractivity contribution in [1.29, 1.82) is 5.41 Å². The Bertz CT molecular complexity index is 549. The standard InChI is InChI=1S/C16H24N4O/c1-5-11(2)13-6-14(18)16(15(7-13)21-4)20-10-12(8-17)9-19-3/h6-9,17,19-20H,2,5,10,18H2,1,3-4H3/b12-9+,17-8?. The van der Waals surface area contributed by atoms with Gasteiger partial charge in [0.05, 0.1) is 12.8 Å². The van der Waals surface area contributed by atoms with Crippen LogP contribution in [0, 0.1) is 5.41 Å². The third-order valence-electron chi connectivity index (χ3n) is 3.17. The van der Waals surface area contributed by atoms with Crippen molar-refractivity contribution in [3.8, 4) is 5.75 Å². The molecule has 5 N–H and O–H groups in total. The number of allylic oxidation sites excluding steroid dienone is 1. The Morgan fingerprint density at radius 1 is 1.48 bits per heavy atom. The SMILES string of the molecule is C=C(CC)c1cc(N)c(NC/C(C=N)=C/NC)c(OC)c1. The van der Waals surface area contributed by atoms with E-state index in [0.29, 0.717) is 18.0 Å². The number of rotatable bonds is 8. The fourth-order valence-corrected chi connectivity index (χ4v) is 1.92. The highest BCUT2D eigenvalue weighted by Crippen LogP contribution is 2.35. The number of nitrogen functional groups attached to an aromatic ring is 1. The smallest absolute Gasteiger partial charge is 0.144 e. The summed E-state index contributed by atoms with van der Waals surface area (Å²) in [7, 11) is 3.41. The monoisotopic (exact) mass is 288 g/mol. The normalized spacial score (nSPS) is 10.9. The lowest BCUT2D eigenvalue weighted by atomic mass is 10.0. The van der Waals surface area contributed by atoms with Crippen LogP contribution in [0.2, 0.25) is 0 Å². The van der Waals surface area contributed by atoms with Crippen molar-refractivity contribution in [1.82, 2.24) is 5.32 Å². The summed E-state index contributed by atoms with van der Waals surface area (Å²) in [5.41, 5.74) is 10.3. The molecule has 0 aromatic heterocycles. The molecule has 0 bridgehead atoms. The zero-order valence-electron chi connectivity index (χ0n) is 12.9. The lowest BCUT2D eigenvalue weighted by molar-refractivity contribution is 0.416. The third-order valence-corrected chi connectivity index (χ3v) is 3.17. The molecule has 0 aliphatic rings. The van der Waals surface area contributed by atoms with Gasteiger partial charge in [-0.3, -0.25) is 0 Å². The molecule has 0 spiro atoms. The Hall–Kier alpha value is -2.43. The predicted octanol–water partition coefficient (Wildman–Crippen LogP) is 2.87. The van der Waals surface area contributed by atoms with Crippen LogP contribution >= 0.6 is 0 Å². The van der Waals surface area contributed by atoms with Crippen LogP contribution in [0.15, 0.2) is 30.5 Å². The molecule has 0 radical (unpaired) electrons. The van der Waals surface area contributed by atoms with Crippen LogP contribution in [-0.4, -0.2) is 26.9 Å². The van der Waals surface area contributed by atoms with Crippen molar-refractivity contribution in [2.24, 2.45) is 0 Å². The van der Waals surface area contributed by atoms with Gasteiger partial charge < -0.3 is 26.5 Å². The third kappa shape index (κ3) is 4.27. The van der Waals surface area contributed by atoms with Crippen molar-refractivity contribution < 1.29 is 4.74 Å². The predicted molar refractivity (Wildman–Crippen MR) is 91.1 cm³/mol. The zero-order chi connectivity index (χ0) is 15.8. The molecule has 0 heterocycles. The number of nitrogens with one attached hydrogen (secondary N) is 3. The van der Waals surface area contributed by atoms with Crippen molar-refractivity contribution in [3.63, 3.8) is 0 Å². The summed E-state index contributed by atoms with van der Waals surface area (Å²) in [5, 5.41) is 13.5. The molecule has 0 saturated carbocycles. The number of ether oxygens (including phenoxy) is 1. The molecule has 0 aliphatic heterocycles. The first kappa shape index (κ1) is 16.6. The number of nitrogens with two attached hydrogens (primary N) is 1. The van der Waals surface area contributed by atoms with Crippen molar-refractivity contribution >= 4 is 23.2 Å². The zero-order valence-corrected chi connectivity index (χ0v) is 12.9. The molecular formula is C16H24N4O. The molecule has 1 rings (SSSR count). The molecule has 0 amide bonds. The maximum Gasteiger partial charge on any atom is 0.144 e. The van der Waals surface area contributed by atoms with Gasteiger partial charge in [0.25, 0.3) is 0 Å². The molecule has 0 fully saturated rings. The minimum atomic E-state index is 0.485. The van der Waals surface area contributed by atoms with Gasteiger partial charge >= 0.3 is 0 Å². The molecule has 0 saturated heterocycles. The molecule has 0 aliphatic carbocycles. The van der Waals surface area contributed by atoms with Crippen LogP contribution < -0.4 is 21.1 Å².